The summed E-state index contributed by atoms with van der Waals surface area (Å²) in [6, 6.07) is 5.23. The third-order valence-corrected chi connectivity index (χ3v) is 4.40. The number of hydrogen-bond acceptors (Lipinski definition) is 3. The quantitative estimate of drug-likeness (QED) is 0.866. The van der Waals surface area contributed by atoms with Crippen LogP contribution in [0.2, 0.25) is 0 Å². The van der Waals surface area contributed by atoms with Gasteiger partial charge in [0.2, 0.25) is 0 Å². The van der Waals surface area contributed by atoms with Crippen LogP contribution in [0.25, 0.3) is 0 Å². The van der Waals surface area contributed by atoms with Gasteiger partial charge in [-0.15, -0.1) is 0 Å². The van der Waals surface area contributed by atoms with Crippen molar-refractivity contribution < 1.29 is 23.0 Å². The van der Waals surface area contributed by atoms with E-state index in [1.807, 2.05) is 4.90 Å². The molecule has 2 aliphatic heterocycles. The number of benzene rings is 1. The lowest BCUT2D eigenvalue weighted by Crippen LogP contribution is -2.30. The molecule has 0 spiro atoms. The van der Waals surface area contributed by atoms with Crippen LogP contribution in [0.4, 0.5) is 13.2 Å². The van der Waals surface area contributed by atoms with Gasteiger partial charge in [-0.3, -0.25) is 4.90 Å². The first-order valence-corrected chi connectivity index (χ1v) is 7.79. The highest BCUT2D eigenvalue weighted by Crippen LogP contribution is 2.40. The maximum atomic E-state index is 13.3. The number of likely N-dealkylation sites (tertiary alicyclic amines) is 1. The number of aliphatic hydroxyl groups is 1. The maximum Gasteiger partial charge on any atom is 0.416 e. The molecular weight excluding hydrogens is 307 g/mol. The summed E-state index contributed by atoms with van der Waals surface area (Å²) >= 11 is 0. The molecule has 0 bridgehead atoms. The van der Waals surface area contributed by atoms with Gasteiger partial charge >= 0.3 is 6.18 Å². The summed E-state index contributed by atoms with van der Waals surface area (Å²) in [4.78, 5) is 1.93. The fourth-order valence-electron chi connectivity index (χ4n) is 3.40. The molecule has 0 saturated carbocycles. The lowest BCUT2D eigenvalue weighted by atomic mass is 9.97. The average Bonchev–Trinajstić information content (AvgIpc) is 2.88. The molecule has 1 saturated heterocycles. The molecule has 1 N–H and O–H groups in total. The zero-order valence-electron chi connectivity index (χ0n) is 12.7. The molecule has 3 rings (SSSR count). The van der Waals surface area contributed by atoms with Gasteiger partial charge in [-0.2, -0.15) is 13.2 Å². The Morgan fingerprint density at radius 1 is 1.26 bits per heavy atom. The Bertz CT molecular complexity index is 585. The van der Waals surface area contributed by atoms with Crippen molar-refractivity contribution in [1.29, 1.82) is 0 Å². The van der Waals surface area contributed by atoms with Crippen molar-refractivity contribution in [3.05, 3.63) is 47.0 Å². The number of rotatable bonds is 3. The van der Waals surface area contributed by atoms with Gasteiger partial charge in [-0.1, -0.05) is 24.3 Å². The Morgan fingerprint density at radius 2 is 2.04 bits per heavy atom. The molecule has 3 nitrogen and oxygen atoms in total. The summed E-state index contributed by atoms with van der Waals surface area (Å²) < 4.78 is 45.2. The third-order valence-electron chi connectivity index (χ3n) is 4.40. The van der Waals surface area contributed by atoms with Crippen molar-refractivity contribution in [2.24, 2.45) is 0 Å². The molecule has 0 aliphatic carbocycles. The number of ether oxygens (including phenoxy) is 1. The van der Waals surface area contributed by atoms with Crippen molar-refractivity contribution in [3.8, 4) is 0 Å². The smallest absolute Gasteiger partial charge is 0.392 e. The minimum Gasteiger partial charge on any atom is -0.392 e. The highest BCUT2D eigenvalue weighted by molar-refractivity contribution is 5.33. The van der Waals surface area contributed by atoms with Crippen molar-refractivity contribution in [3.63, 3.8) is 0 Å². The standard InChI is InChI=1S/C17H20F3NO2/c18-17(19,20)15-6-2-1-5-14(15)16-8-13(22)10-21(16)9-12-4-3-7-23-11-12/h1-2,4-6,13,16,22H,3,7-11H2/t13-,16+/m0/s1. The topological polar surface area (TPSA) is 32.7 Å². The zero-order chi connectivity index (χ0) is 16.4. The van der Waals surface area contributed by atoms with E-state index in [4.69, 9.17) is 4.74 Å². The number of halogens is 3. The van der Waals surface area contributed by atoms with Gasteiger partial charge in [0.1, 0.15) is 0 Å². The van der Waals surface area contributed by atoms with Gasteiger partial charge < -0.3 is 9.84 Å². The zero-order valence-corrected chi connectivity index (χ0v) is 12.7. The largest absolute Gasteiger partial charge is 0.416 e. The van der Waals surface area contributed by atoms with E-state index in [0.29, 0.717) is 32.7 Å². The summed E-state index contributed by atoms with van der Waals surface area (Å²) in [7, 11) is 0. The van der Waals surface area contributed by atoms with Crippen LogP contribution in [0.3, 0.4) is 0 Å². The summed E-state index contributed by atoms with van der Waals surface area (Å²) in [5.74, 6) is 0. The summed E-state index contributed by atoms with van der Waals surface area (Å²) in [5, 5.41) is 9.98. The SMILES string of the molecule is O[C@H]1C[C@H](c2ccccc2C(F)(F)F)N(CC2=CCCOC2)C1. The maximum absolute atomic E-state index is 13.3. The minimum atomic E-state index is -4.39. The monoisotopic (exact) mass is 327 g/mol. The van der Waals surface area contributed by atoms with Gasteiger partial charge in [0.25, 0.3) is 0 Å². The molecule has 0 radical (unpaired) electrons. The summed E-state index contributed by atoms with van der Waals surface area (Å²) in [5.41, 5.74) is 0.701. The molecule has 0 amide bonds. The van der Waals surface area contributed by atoms with Crippen LogP contribution in [0, 0.1) is 0 Å². The predicted octanol–water partition coefficient (Wildman–Crippen LogP) is 3.16. The van der Waals surface area contributed by atoms with E-state index in [0.717, 1.165) is 18.1 Å². The predicted molar refractivity (Wildman–Crippen MR) is 79.9 cm³/mol. The molecule has 1 aromatic rings. The van der Waals surface area contributed by atoms with E-state index >= 15 is 0 Å². The Balaban J connectivity index is 1.86. The number of hydrogen-bond donors (Lipinski definition) is 1. The second-order valence-electron chi connectivity index (χ2n) is 6.12. The van der Waals surface area contributed by atoms with Gasteiger partial charge in [-0.25, -0.2) is 0 Å². The lowest BCUT2D eigenvalue weighted by molar-refractivity contribution is -0.138. The van der Waals surface area contributed by atoms with Crippen LogP contribution in [-0.2, 0) is 10.9 Å². The van der Waals surface area contributed by atoms with Crippen molar-refractivity contribution in [1.82, 2.24) is 4.90 Å². The van der Waals surface area contributed by atoms with Crippen molar-refractivity contribution in [2.45, 2.75) is 31.2 Å². The van der Waals surface area contributed by atoms with Gasteiger partial charge in [0.05, 0.1) is 24.9 Å². The number of β-amino-alcohol motifs (C(OH)–C–C–N with tert-alkyl or cyclic N) is 1. The lowest BCUT2D eigenvalue weighted by Gasteiger charge is -2.28. The number of aliphatic hydroxyl groups excluding tert-OH is 1. The first-order valence-electron chi connectivity index (χ1n) is 7.79. The van der Waals surface area contributed by atoms with E-state index in [9.17, 15) is 18.3 Å². The first-order chi connectivity index (χ1) is 10.9. The second kappa shape index (κ2) is 6.63. The van der Waals surface area contributed by atoms with Crippen LogP contribution in [0.5, 0.6) is 0 Å². The van der Waals surface area contributed by atoms with Crippen LogP contribution >= 0.6 is 0 Å². The van der Waals surface area contributed by atoms with Gasteiger partial charge in [0.15, 0.2) is 0 Å². The first kappa shape index (κ1) is 16.5. The second-order valence-corrected chi connectivity index (χ2v) is 6.12. The van der Waals surface area contributed by atoms with Crippen LogP contribution in [0.1, 0.15) is 30.0 Å². The Kier molecular flexibility index (Phi) is 4.75. The fourth-order valence-corrected chi connectivity index (χ4v) is 3.40. The molecule has 126 valence electrons. The molecule has 0 aromatic heterocycles. The van der Waals surface area contributed by atoms with Gasteiger partial charge in [-0.05, 0) is 30.0 Å². The third kappa shape index (κ3) is 3.76. The average molecular weight is 327 g/mol. The van der Waals surface area contributed by atoms with Crippen LogP contribution in [-0.4, -0.2) is 42.4 Å². The number of nitrogens with zero attached hydrogens (tertiary/aromatic N) is 1. The normalized spacial score (nSPS) is 26.3. The van der Waals surface area contributed by atoms with Crippen LogP contribution < -0.4 is 0 Å². The Morgan fingerprint density at radius 3 is 2.74 bits per heavy atom. The molecule has 1 aromatic carbocycles. The van der Waals surface area contributed by atoms with E-state index < -0.39 is 23.9 Å². The van der Waals surface area contributed by atoms with Gasteiger partial charge in [0, 0.05) is 19.1 Å². The fraction of sp³-hybridized carbons (Fsp3) is 0.529. The van der Waals surface area contributed by atoms with E-state index in [1.165, 1.54) is 12.1 Å². The molecule has 6 heteroatoms. The molecule has 2 atom stereocenters. The Labute approximate surface area is 133 Å². The van der Waals surface area contributed by atoms with E-state index in [1.54, 1.807) is 6.07 Å². The van der Waals surface area contributed by atoms with E-state index in [-0.39, 0.29) is 5.56 Å². The molecular formula is C17H20F3NO2. The Hall–Kier alpha value is -1.37. The number of alkyl halides is 3. The molecule has 2 aliphatic rings. The molecule has 0 unspecified atom stereocenters. The molecule has 23 heavy (non-hydrogen) atoms. The highest BCUT2D eigenvalue weighted by Gasteiger charge is 2.39. The minimum absolute atomic E-state index is 0.244. The van der Waals surface area contributed by atoms with Crippen LogP contribution in [0.15, 0.2) is 35.9 Å². The van der Waals surface area contributed by atoms with Crippen molar-refractivity contribution in [2.75, 3.05) is 26.3 Å². The van der Waals surface area contributed by atoms with Crippen molar-refractivity contribution >= 4 is 0 Å². The molecule has 1 fully saturated rings. The summed E-state index contributed by atoms with van der Waals surface area (Å²) in [6.45, 7) is 2.12. The molecule has 2 heterocycles. The summed E-state index contributed by atoms with van der Waals surface area (Å²) in [6.07, 6.45) is -1.76. The highest BCUT2D eigenvalue weighted by atomic mass is 19.4. The van der Waals surface area contributed by atoms with E-state index in [2.05, 4.69) is 6.08 Å².